The summed E-state index contributed by atoms with van der Waals surface area (Å²) >= 11 is 0. The normalized spacial score (nSPS) is 19.2. The van der Waals surface area contributed by atoms with Gasteiger partial charge in [-0.2, -0.15) is 0 Å². The van der Waals surface area contributed by atoms with Crippen LogP contribution in [0.4, 0.5) is 0 Å². The highest BCUT2D eigenvalue weighted by atomic mass is 16.5. The van der Waals surface area contributed by atoms with Crippen LogP contribution in [0.3, 0.4) is 0 Å². The van der Waals surface area contributed by atoms with E-state index in [0.29, 0.717) is 0 Å². The minimum Gasteiger partial charge on any atom is -0.383 e. The van der Waals surface area contributed by atoms with E-state index in [0.717, 1.165) is 25.7 Å². The van der Waals surface area contributed by atoms with Crippen molar-refractivity contribution >= 4 is 0 Å². The van der Waals surface area contributed by atoms with Crippen LogP contribution in [-0.4, -0.2) is 50.8 Å². The number of likely N-dealkylation sites (tertiary alicyclic amines) is 1. The number of nitrogens with one attached hydrogen (secondary N) is 1. The molecule has 1 fully saturated rings. The lowest BCUT2D eigenvalue weighted by molar-refractivity contribution is 0.191. The van der Waals surface area contributed by atoms with Crippen molar-refractivity contribution in [3.05, 3.63) is 35.9 Å². The molecule has 118 valence electrons. The van der Waals surface area contributed by atoms with Crippen LogP contribution in [0.25, 0.3) is 0 Å². The Morgan fingerprint density at radius 1 is 1.24 bits per heavy atom. The smallest absolute Gasteiger partial charge is 0.0587 e. The Hall–Kier alpha value is -0.900. The second-order valence-electron chi connectivity index (χ2n) is 5.97. The Morgan fingerprint density at radius 2 is 2.10 bits per heavy atom. The number of hydrogen-bond acceptors (Lipinski definition) is 3. The zero-order valence-corrected chi connectivity index (χ0v) is 13.4. The zero-order chi connectivity index (χ0) is 14.8. The predicted molar refractivity (Wildman–Crippen MR) is 88.7 cm³/mol. The molecule has 0 aliphatic carbocycles. The van der Waals surface area contributed by atoms with E-state index < -0.39 is 0 Å². The van der Waals surface area contributed by atoms with Gasteiger partial charge in [-0.25, -0.2) is 0 Å². The lowest BCUT2D eigenvalue weighted by Crippen LogP contribution is -2.39. The maximum Gasteiger partial charge on any atom is 0.0587 e. The van der Waals surface area contributed by atoms with Crippen LogP contribution in [0.2, 0.25) is 0 Å². The van der Waals surface area contributed by atoms with Crippen LogP contribution in [0, 0.1) is 0 Å². The fourth-order valence-corrected chi connectivity index (χ4v) is 3.15. The maximum absolute atomic E-state index is 5.08. The molecule has 1 aliphatic rings. The summed E-state index contributed by atoms with van der Waals surface area (Å²) in [5, 5.41) is 3.51. The molecule has 1 aromatic carbocycles. The molecule has 1 saturated heterocycles. The third kappa shape index (κ3) is 6.16. The van der Waals surface area contributed by atoms with Crippen LogP contribution >= 0.6 is 0 Å². The second kappa shape index (κ2) is 9.93. The van der Waals surface area contributed by atoms with Gasteiger partial charge in [0.15, 0.2) is 0 Å². The third-order valence-corrected chi connectivity index (χ3v) is 4.37. The van der Waals surface area contributed by atoms with Crippen molar-refractivity contribution in [2.24, 2.45) is 0 Å². The second-order valence-corrected chi connectivity index (χ2v) is 5.97. The Balaban J connectivity index is 1.58. The van der Waals surface area contributed by atoms with Gasteiger partial charge in [-0.15, -0.1) is 0 Å². The number of unbranched alkanes of at least 4 members (excludes halogenated alkanes) is 1. The molecule has 1 unspecified atom stereocenters. The van der Waals surface area contributed by atoms with Crippen molar-refractivity contribution in [1.29, 1.82) is 0 Å². The van der Waals surface area contributed by atoms with Crippen LogP contribution in [0.5, 0.6) is 0 Å². The molecule has 1 aliphatic heterocycles. The Labute approximate surface area is 129 Å². The van der Waals surface area contributed by atoms with Crippen LogP contribution in [0.15, 0.2) is 30.3 Å². The largest absolute Gasteiger partial charge is 0.383 e. The molecule has 0 saturated carbocycles. The van der Waals surface area contributed by atoms with Crippen molar-refractivity contribution in [3.8, 4) is 0 Å². The van der Waals surface area contributed by atoms with E-state index in [1.54, 1.807) is 7.11 Å². The number of rotatable bonds is 10. The standard InChI is InChI=1S/C18H30N2O/c1-21-15-12-19-16-18-11-7-14-20(18)13-6-5-10-17-8-3-2-4-9-17/h2-4,8-9,18-19H,5-7,10-16H2,1H3. The lowest BCUT2D eigenvalue weighted by atomic mass is 10.1. The quantitative estimate of drug-likeness (QED) is 0.671. The van der Waals surface area contributed by atoms with Gasteiger partial charge in [0.2, 0.25) is 0 Å². The topological polar surface area (TPSA) is 24.5 Å². The molecular weight excluding hydrogens is 260 g/mol. The molecule has 1 heterocycles. The van der Waals surface area contributed by atoms with Gasteiger partial charge in [-0.1, -0.05) is 30.3 Å². The summed E-state index contributed by atoms with van der Waals surface area (Å²) in [4.78, 5) is 2.67. The van der Waals surface area contributed by atoms with Crippen LogP contribution < -0.4 is 5.32 Å². The molecule has 0 spiro atoms. The first kappa shape index (κ1) is 16.5. The molecule has 0 bridgehead atoms. The third-order valence-electron chi connectivity index (χ3n) is 4.37. The summed E-state index contributed by atoms with van der Waals surface area (Å²) in [5.41, 5.74) is 1.47. The summed E-state index contributed by atoms with van der Waals surface area (Å²) in [5.74, 6) is 0. The van der Waals surface area contributed by atoms with Gasteiger partial charge in [0.1, 0.15) is 0 Å². The molecule has 0 aromatic heterocycles. The molecule has 1 atom stereocenters. The molecule has 0 amide bonds. The van der Waals surface area contributed by atoms with E-state index in [4.69, 9.17) is 4.74 Å². The minimum absolute atomic E-state index is 0.735. The number of nitrogens with zero attached hydrogens (tertiary/aromatic N) is 1. The van der Waals surface area contributed by atoms with Gasteiger partial charge in [0, 0.05) is 26.2 Å². The molecular formula is C18H30N2O. The fraction of sp³-hybridized carbons (Fsp3) is 0.667. The number of ether oxygens (including phenoxy) is 1. The first-order chi connectivity index (χ1) is 10.4. The molecule has 1 aromatic rings. The Bertz CT molecular complexity index is 369. The summed E-state index contributed by atoms with van der Waals surface area (Å²) < 4.78 is 5.08. The number of benzene rings is 1. The average molecular weight is 290 g/mol. The van der Waals surface area contributed by atoms with Gasteiger partial charge in [-0.3, -0.25) is 4.90 Å². The summed E-state index contributed by atoms with van der Waals surface area (Å²) in [7, 11) is 1.76. The van der Waals surface area contributed by atoms with Gasteiger partial charge >= 0.3 is 0 Å². The van der Waals surface area contributed by atoms with E-state index in [1.165, 1.54) is 50.8 Å². The molecule has 1 N–H and O–H groups in total. The minimum atomic E-state index is 0.735. The fourth-order valence-electron chi connectivity index (χ4n) is 3.15. The van der Waals surface area contributed by atoms with E-state index in [-0.39, 0.29) is 0 Å². The van der Waals surface area contributed by atoms with Gasteiger partial charge < -0.3 is 10.1 Å². The van der Waals surface area contributed by atoms with Crippen molar-refractivity contribution in [1.82, 2.24) is 10.2 Å². The van der Waals surface area contributed by atoms with Crippen molar-refractivity contribution in [2.75, 3.05) is 39.9 Å². The molecule has 3 heteroatoms. The van der Waals surface area contributed by atoms with Crippen molar-refractivity contribution < 1.29 is 4.74 Å². The van der Waals surface area contributed by atoms with Crippen LogP contribution in [0.1, 0.15) is 31.2 Å². The summed E-state index contributed by atoms with van der Waals surface area (Å²) in [6.07, 6.45) is 6.52. The Kier molecular flexibility index (Phi) is 7.79. The lowest BCUT2D eigenvalue weighted by Gasteiger charge is -2.24. The highest BCUT2D eigenvalue weighted by Crippen LogP contribution is 2.17. The average Bonchev–Trinajstić information content (AvgIpc) is 2.97. The highest BCUT2D eigenvalue weighted by molar-refractivity contribution is 5.14. The van der Waals surface area contributed by atoms with E-state index in [2.05, 4.69) is 40.5 Å². The summed E-state index contributed by atoms with van der Waals surface area (Å²) in [6, 6.07) is 11.6. The van der Waals surface area contributed by atoms with E-state index in [1.807, 2.05) is 0 Å². The van der Waals surface area contributed by atoms with Gasteiger partial charge in [0.05, 0.1) is 6.61 Å². The molecule has 3 nitrogen and oxygen atoms in total. The predicted octanol–water partition coefficient (Wildman–Crippen LogP) is 2.71. The van der Waals surface area contributed by atoms with Gasteiger partial charge in [0.25, 0.3) is 0 Å². The highest BCUT2D eigenvalue weighted by Gasteiger charge is 2.23. The molecule has 21 heavy (non-hydrogen) atoms. The molecule has 0 radical (unpaired) electrons. The van der Waals surface area contributed by atoms with Gasteiger partial charge in [-0.05, 0) is 50.8 Å². The Morgan fingerprint density at radius 3 is 2.90 bits per heavy atom. The molecule has 2 rings (SSSR count). The number of hydrogen-bond donors (Lipinski definition) is 1. The SMILES string of the molecule is COCCNCC1CCCN1CCCCc1ccccc1. The van der Waals surface area contributed by atoms with E-state index in [9.17, 15) is 0 Å². The number of methoxy groups -OCH3 is 1. The van der Waals surface area contributed by atoms with Crippen molar-refractivity contribution in [2.45, 2.75) is 38.1 Å². The maximum atomic E-state index is 5.08. The van der Waals surface area contributed by atoms with E-state index >= 15 is 0 Å². The summed E-state index contributed by atoms with van der Waals surface area (Å²) in [6.45, 7) is 5.42. The monoisotopic (exact) mass is 290 g/mol. The van der Waals surface area contributed by atoms with Crippen molar-refractivity contribution in [3.63, 3.8) is 0 Å². The first-order valence-electron chi connectivity index (χ1n) is 8.38. The van der Waals surface area contributed by atoms with Crippen LogP contribution in [-0.2, 0) is 11.2 Å². The first-order valence-corrected chi connectivity index (χ1v) is 8.38. The zero-order valence-electron chi connectivity index (χ0n) is 13.4. The number of aryl methyl sites for hydroxylation is 1.